The molecule has 0 atom stereocenters. The number of H-pyrrole nitrogens is 1. The van der Waals surface area contributed by atoms with Gasteiger partial charge in [-0.2, -0.15) is 0 Å². The molecule has 7 heteroatoms. The molecule has 0 bridgehead atoms. The summed E-state index contributed by atoms with van der Waals surface area (Å²) in [4.78, 5) is 25.0. The molecule has 0 fully saturated rings. The van der Waals surface area contributed by atoms with Gasteiger partial charge in [-0.1, -0.05) is 0 Å². The second-order valence-electron chi connectivity index (χ2n) is 4.36. The zero-order valence-electron chi connectivity index (χ0n) is 10.3. The summed E-state index contributed by atoms with van der Waals surface area (Å²) in [5.74, 6) is -0.664. The van der Waals surface area contributed by atoms with Gasteiger partial charge in [0.2, 0.25) is 0 Å². The lowest BCUT2D eigenvalue weighted by Crippen LogP contribution is -2.25. The number of carbonyl (C=O) groups excluding carboxylic acids is 1. The molecule has 1 aliphatic heterocycles. The first-order valence-electron chi connectivity index (χ1n) is 5.83. The molecule has 1 aromatic heterocycles. The summed E-state index contributed by atoms with van der Waals surface area (Å²) >= 11 is 0. The summed E-state index contributed by atoms with van der Waals surface area (Å²) < 4.78 is 5.25. The van der Waals surface area contributed by atoms with E-state index in [-0.39, 0.29) is 23.9 Å². The van der Waals surface area contributed by atoms with Crippen molar-refractivity contribution in [2.45, 2.75) is 0 Å². The molecule has 1 aromatic carbocycles. The van der Waals surface area contributed by atoms with Crippen LogP contribution in [0.2, 0.25) is 0 Å². The van der Waals surface area contributed by atoms with Gasteiger partial charge < -0.3 is 25.9 Å². The minimum atomic E-state index is -1.10. The molecule has 0 unspecified atom stereocenters. The van der Waals surface area contributed by atoms with Crippen LogP contribution in [0, 0.1) is 0 Å². The van der Waals surface area contributed by atoms with Crippen molar-refractivity contribution < 1.29 is 19.4 Å². The number of hydrogen-bond donors (Lipinski definition) is 4. The van der Waals surface area contributed by atoms with E-state index in [1.807, 2.05) is 0 Å². The average Bonchev–Trinajstić information content (AvgIpc) is 2.80. The largest absolute Gasteiger partial charge is 0.482 e. The predicted octanol–water partition coefficient (Wildman–Crippen LogP) is 1.29. The van der Waals surface area contributed by atoms with E-state index in [0.29, 0.717) is 22.7 Å². The number of rotatable bonds is 2. The van der Waals surface area contributed by atoms with Crippen LogP contribution >= 0.6 is 0 Å². The molecule has 0 aliphatic carbocycles. The molecule has 3 rings (SSSR count). The molecular weight excluding hydrogens is 262 g/mol. The van der Waals surface area contributed by atoms with Crippen molar-refractivity contribution in [3.63, 3.8) is 0 Å². The minimum absolute atomic E-state index is 0.00897. The number of aromatic nitrogens is 1. The van der Waals surface area contributed by atoms with Gasteiger partial charge in [0.1, 0.15) is 17.1 Å². The number of anilines is 2. The number of nitrogens with two attached hydrogens (primary N) is 1. The number of carboxylic acids is 1. The molecule has 5 N–H and O–H groups in total. The van der Waals surface area contributed by atoms with Crippen LogP contribution < -0.4 is 15.8 Å². The third-order valence-electron chi connectivity index (χ3n) is 3.00. The second-order valence-corrected chi connectivity index (χ2v) is 4.36. The van der Waals surface area contributed by atoms with Crippen molar-refractivity contribution >= 4 is 23.4 Å². The smallest absolute Gasteiger partial charge is 0.339 e. The number of hydrogen-bond acceptors (Lipinski definition) is 4. The molecule has 0 saturated heterocycles. The van der Waals surface area contributed by atoms with Gasteiger partial charge in [-0.25, -0.2) is 4.79 Å². The zero-order valence-corrected chi connectivity index (χ0v) is 10.3. The lowest BCUT2D eigenvalue weighted by atomic mass is 10.1. The molecule has 0 spiro atoms. The van der Waals surface area contributed by atoms with Crippen molar-refractivity contribution in [2.75, 3.05) is 17.7 Å². The monoisotopic (exact) mass is 273 g/mol. The summed E-state index contributed by atoms with van der Waals surface area (Å²) in [6.07, 6.45) is 0. The van der Waals surface area contributed by atoms with Crippen LogP contribution in [0.25, 0.3) is 11.3 Å². The normalized spacial score (nSPS) is 13.3. The molecule has 102 valence electrons. The Balaban J connectivity index is 2.03. The zero-order chi connectivity index (χ0) is 14.3. The summed E-state index contributed by atoms with van der Waals surface area (Å²) in [7, 11) is 0. The molecule has 0 radical (unpaired) electrons. The second kappa shape index (κ2) is 4.30. The first-order valence-corrected chi connectivity index (χ1v) is 5.83. The molecule has 1 aliphatic rings. The van der Waals surface area contributed by atoms with Crippen molar-refractivity contribution in [2.24, 2.45) is 0 Å². The Morgan fingerprint density at radius 3 is 2.85 bits per heavy atom. The standard InChI is InChI=1S/C13H11N3O4/c14-12-7(13(18)19)4-8(16-12)6-1-2-10-9(3-6)15-11(17)5-20-10/h1-4,16H,5,14H2,(H,15,17)(H,18,19). The van der Waals surface area contributed by atoms with Gasteiger partial charge in [0, 0.05) is 11.3 Å². The van der Waals surface area contributed by atoms with Crippen LogP contribution in [-0.4, -0.2) is 28.6 Å². The van der Waals surface area contributed by atoms with E-state index in [4.69, 9.17) is 15.6 Å². The number of aromatic carboxylic acids is 1. The summed E-state index contributed by atoms with van der Waals surface area (Å²) in [5.41, 5.74) is 7.43. The van der Waals surface area contributed by atoms with Gasteiger partial charge >= 0.3 is 5.97 Å². The fourth-order valence-corrected chi connectivity index (χ4v) is 2.05. The first kappa shape index (κ1) is 12.1. The van der Waals surface area contributed by atoms with Gasteiger partial charge in [0.25, 0.3) is 5.91 Å². The number of nitrogens with one attached hydrogen (secondary N) is 2. The lowest BCUT2D eigenvalue weighted by molar-refractivity contribution is -0.118. The Morgan fingerprint density at radius 2 is 2.15 bits per heavy atom. The Hall–Kier alpha value is -2.96. The summed E-state index contributed by atoms with van der Waals surface area (Å²) in [6.45, 7) is -0.00897. The van der Waals surface area contributed by atoms with Crippen molar-refractivity contribution in [3.8, 4) is 17.0 Å². The maximum absolute atomic E-state index is 11.3. The van der Waals surface area contributed by atoms with Gasteiger partial charge in [0.05, 0.1) is 5.69 Å². The van der Waals surface area contributed by atoms with E-state index < -0.39 is 5.97 Å². The highest BCUT2D eigenvalue weighted by atomic mass is 16.5. The Bertz CT molecular complexity index is 720. The third kappa shape index (κ3) is 1.95. The van der Waals surface area contributed by atoms with Gasteiger partial charge in [0.15, 0.2) is 6.61 Å². The van der Waals surface area contributed by atoms with Gasteiger partial charge in [-0.15, -0.1) is 0 Å². The van der Waals surface area contributed by atoms with Crippen molar-refractivity contribution in [1.29, 1.82) is 0 Å². The van der Waals surface area contributed by atoms with Crippen LogP contribution in [0.15, 0.2) is 24.3 Å². The van der Waals surface area contributed by atoms with E-state index in [1.165, 1.54) is 6.07 Å². The molecule has 2 aromatic rings. The van der Waals surface area contributed by atoms with Crippen LogP contribution in [0.4, 0.5) is 11.5 Å². The number of carbonyl (C=O) groups is 2. The van der Waals surface area contributed by atoms with E-state index in [0.717, 1.165) is 0 Å². The van der Waals surface area contributed by atoms with Crippen LogP contribution in [0.3, 0.4) is 0 Å². The first-order chi connectivity index (χ1) is 9.54. The average molecular weight is 273 g/mol. The molecular formula is C13H11N3O4. The quantitative estimate of drug-likeness (QED) is 0.657. The number of ether oxygens (including phenoxy) is 1. The Kier molecular flexibility index (Phi) is 2.60. The number of amides is 1. The fraction of sp³-hybridized carbons (Fsp3) is 0.0769. The maximum Gasteiger partial charge on any atom is 0.339 e. The molecule has 7 nitrogen and oxygen atoms in total. The number of nitrogen functional groups attached to an aromatic ring is 1. The number of benzene rings is 1. The van der Waals surface area contributed by atoms with E-state index in [9.17, 15) is 9.59 Å². The molecule has 2 heterocycles. The number of carboxylic acid groups (broad SMARTS) is 1. The number of fused-ring (bicyclic) bond motifs is 1. The summed E-state index contributed by atoms with van der Waals surface area (Å²) in [5, 5.41) is 11.7. The predicted molar refractivity (Wildman–Crippen MR) is 71.7 cm³/mol. The van der Waals surface area contributed by atoms with Crippen LogP contribution in [0.1, 0.15) is 10.4 Å². The van der Waals surface area contributed by atoms with Gasteiger partial charge in [-0.3, -0.25) is 4.79 Å². The van der Waals surface area contributed by atoms with E-state index in [1.54, 1.807) is 18.2 Å². The highest BCUT2D eigenvalue weighted by molar-refractivity contribution is 5.97. The van der Waals surface area contributed by atoms with Crippen molar-refractivity contribution in [3.05, 3.63) is 29.8 Å². The number of aromatic amines is 1. The SMILES string of the molecule is Nc1[nH]c(-c2ccc3c(c2)NC(=O)CO3)cc1C(=O)O. The third-order valence-corrected chi connectivity index (χ3v) is 3.00. The fourth-order valence-electron chi connectivity index (χ4n) is 2.05. The van der Waals surface area contributed by atoms with Gasteiger partial charge in [-0.05, 0) is 24.3 Å². The molecule has 1 amide bonds. The Morgan fingerprint density at radius 1 is 1.35 bits per heavy atom. The molecule has 0 saturated carbocycles. The molecule has 20 heavy (non-hydrogen) atoms. The topological polar surface area (TPSA) is 117 Å². The lowest BCUT2D eigenvalue weighted by Gasteiger charge is -2.18. The summed E-state index contributed by atoms with van der Waals surface area (Å²) in [6, 6.07) is 6.61. The van der Waals surface area contributed by atoms with E-state index in [2.05, 4.69) is 10.3 Å². The van der Waals surface area contributed by atoms with Crippen LogP contribution in [0.5, 0.6) is 5.75 Å². The van der Waals surface area contributed by atoms with E-state index >= 15 is 0 Å². The highest BCUT2D eigenvalue weighted by Gasteiger charge is 2.18. The highest BCUT2D eigenvalue weighted by Crippen LogP contribution is 2.33. The maximum atomic E-state index is 11.3. The minimum Gasteiger partial charge on any atom is -0.482 e. The van der Waals surface area contributed by atoms with Crippen molar-refractivity contribution in [1.82, 2.24) is 4.98 Å². The van der Waals surface area contributed by atoms with Crippen LogP contribution in [-0.2, 0) is 4.79 Å². The Labute approximate surface area is 113 Å².